The van der Waals surface area contributed by atoms with E-state index >= 15 is 0 Å². The molecule has 6 nitrogen and oxygen atoms in total. The van der Waals surface area contributed by atoms with Crippen LogP contribution in [-0.2, 0) is 16.0 Å². The fraction of sp³-hybridized carbons (Fsp3) is 0.300. The molecule has 1 atom stereocenters. The lowest BCUT2D eigenvalue weighted by Crippen LogP contribution is -2.37. The third-order valence-electron chi connectivity index (χ3n) is 1.89. The fourth-order valence-electron chi connectivity index (χ4n) is 1.05. The molecule has 16 heavy (non-hydrogen) atoms. The predicted molar refractivity (Wildman–Crippen MR) is 54.6 cm³/mol. The Labute approximate surface area is 91.9 Å². The maximum atomic E-state index is 11.3. The number of hydrogen-bond donors (Lipinski definition) is 3. The van der Waals surface area contributed by atoms with Crippen LogP contribution < -0.4 is 5.32 Å². The summed E-state index contributed by atoms with van der Waals surface area (Å²) in [7, 11) is 0. The van der Waals surface area contributed by atoms with Crippen LogP contribution in [-0.4, -0.2) is 39.7 Å². The molecule has 0 spiro atoms. The molecule has 0 aliphatic rings. The average Bonchev–Trinajstić information content (AvgIpc) is 2.27. The van der Waals surface area contributed by atoms with Gasteiger partial charge in [0.15, 0.2) is 6.10 Å². The Hall–Kier alpha value is -1.95. The van der Waals surface area contributed by atoms with Gasteiger partial charge < -0.3 is 15.5 Å². The number of carboxylic acid groups (broad SMARTS) is 1. The van der Waals surface area contributed by atoms with Gasteiger partial charge >= 0.3 is 5.97 Å². The number of aliphatic carboxylic acids is 1. The zero-order chi connectivity index (χ0) is 12.0. The first kappa shape index (κ1) is 12.1. The van der Waals surface area contributed by atoms with Gasteiger partial charge in [-0.1, -0.05) is 0 Å². The SMILES string of the molecule is O=C(Cc1ccncc1)NC[C@H](O)C(=O)O. The number of aromatic nitrogens is 1. The summed E-state index contributed by atoms with van der Waals surface area (Å²) in [6.45, 7) is -0.292. The molecule has 0 aliphatic heterocycles. The Kier molecular flexibility index (Phi) is 4.41. The molecular formula is C10H12N2O4. The fourth-order valence-corrected chi connectivity index (χ4v) is 1.05. The standard InChI is InChI=1S/C10H12N2O4/c13-8(10(15)16)6-12-9(14)5-7-1-3-11-4-2-7/h1-4,8,13H,5-6H2,(H,12,14)(H,15,16)/t8-/m0/s1. The smallest absolute Gasteiger partial charge is 0.334 e. The third kappa shape index (κ3) is 4.05. The van der Waals surface area contributed by atoms with Crippen molar-refractivity contribution in [3.63, 3.8) is 0 Å². The van der Waals surface area contributed by atoms with E-state index in [-0.39, 0.29) is 18.9 Å². The molecular weight excluding hydrogens is 212 g/mol. The molecule has 0 saturated carbocycles. The number of carbonyl (C=O) groups is 2. The number of hydrogen-bond acceptors (Lipinski definition) is 4. The van der Waals surface area contributed by atoms with E-state index in [2.05, 4.69) is 10.3 Å². The summed E-state index contributed by atoms with van der Waals surface area (Å²) in [4.78, 5) is 25.4. The molecule has 0 fully saturated rings. The van der Waals surface area contributed by atoms with Gasteiger partial charge in [0.1, 0.15) is 0 Å². The maximum absolute atomic E-state index is 11.3. The van der Waals surface area contributed by atoms with Crippen LogP contribution in [0.5, 0.6) is 0 Å². The van der Waals surface area contributed by atoms with Crippen LogP contribution in [0.3, 0.4) is 0 Å². The molecule has 0 radical (unpaired) electrons. The van der Waals surface area contributed by atoms with Gasteiger partial charge in [0.05, 0.1) is 13.0 Å². The molecule has 0 bridgehead atoms. The van der Waals surface area contributed by atoms with Crippen molar-refractivity contribution in [2.45, 2.75) is 12.5 Å². The number of amides is 1. The van der Waals surface area contributed by atoms with E-state index in [1.54, 1.807) is 24.5 Å². The van der Waals surface area contributed by atoms with Crippen LogP contribution in [0.2, 0.25) is 0 Å². The van der Waals surface area contributed by atoms with Gasteiger partial charge in [0.2, 0.25) is 5.91 Å². The van der Waals surface area contributed by atoms with Crippen LogP contribution >= 0.6 is 0 Å². The van der Waals surface area contributed by atoms with Gasteiger partial charge in [-0.25, -0.2) is 4.79 Å². The summed E-state index contributed by atoms with van der Waals surface area (Å²) in [6, 6.07) is 3.38. The highest BCUT2D eigenvalue weighted by Gasteiger charge is 2.13. The first-order valence-corrected chi connectivity index (χ1v) is 4.66. The van der Waals surface area contributed by atoms with Crippen molar-refractivity contribution in [2.75, 3.05) is 6.54 Å². The molecule has 0 saturated heterocycles. The number of aliphatic hydroxyl groups excluding tert-OH is 1. The zero-order valence-corrected chi connectivity index (χ0v) is 8.46. The van der Waals surface area contributed by atoms with E-state index in [9.17, 15) is 9.59 Å². The average molecular weight is 224 g/mol. The van der Waals surface area contributed by atoms with Gasteiger partial charge in [-0.05, 0) is 17.7 Å². The molecule has 0 aromatic carbocycles. The van der Waals surface area contributed by atoms with Gasteiger partial charge in [-0.2, -0.15) is 0 Å². The monoisotopic (exact) mass is 224 g/mol. The second-order valence-corrected chi connectivity index (χ2v) is 3.19. The Balaban J connectivity index is 2.35. The molecule has 1 aromatic heterocycles. The topological polar surface area (TPSA) is 99.5 Å². The molecule has 1 aromatic rings. The van der Waals surface area contributed by atoms with Crippen LogP contribution in [0, 0.1) is 0 Å². The van der Waals surface area contributed by atoms with E-state index in [1.807, 2.05) is 0 Å². The van der Waals surface area contributed by atoms with E-state index in [4.69, 9.17) is 10.2 Å². The summed E-state index contributed by atoms with van der Waals surface area (Å²) in [5.41, 5.74) is 0.775. The van der Waals surface area contributed by atoms with Crippen molar-refractivity contribution in [3.05, 3.63) is 30.1 Å². The molecule has 0 unspecified atom stereocenters. The highest BCUT2D eigenvalue weighted by molar-refractivity contribution is 5.79. The van der Waals surface area contributed by atoms with Gasteiger partial charge in [-0.15, -0.1) is 0 Å². The zero-order valence-electron chi connectivity index (χ0n) is 8.46. The molecule has 1 rings (SSSR count). The summed E-state index contributed by atoms with van der Waals surface area (Å²) in [5.74, 6) is -1.70. The van der Waals surface area contributed by atoms with Crippen molar-refractivity contribution >= 4 is 11.9 Å². The first-order chi connectivity index (χ1) is 7.59. The van der Waals surface area contributed by atoms with Crippen LogP contribution in [0.4, 0.5) is 0 Å². The number of nitrogens with one attached hydrogen (secondary N) is 1. The minimum absolute atomic E-state index is 0.134. The number of carboxylic acids is 1. The molecule has 6 heteroatoms. The number of rotatable bonds is 5. The maximum Gasteiger partial charge on any atom is 0.334 e. The first-order valence-electron chi connectivity index (χ1n) is 4.66. The number of aliphatic hydroxyl groups is 1. The van der Waals surface area contributed by atoms with Crippen molar-refractivity contribution in [2.24, 2.45) is 0 Å². The normalized spacial score (nSPS) is 11.8. The van der Waals surface area contributed by atoms with E-state index < -0.39 is 12.1 Å². The van der Waals surface area contributed by atoms with Crippen molar-refractivity contribution in [3.8, 4) is 0 Å². The Morgan fingerprint density at radius 2 is 2.00 bits per heavy atom. The Bertz CT molecular complexity index is 366. The van der Waals surface area contributed by atoms with Crippen molar-refractivity contribution in [1.82, 2.24) is 10.3 Å². The summed E-state index contributed by atoms with van der Waals surface area (Å²) in [5, 5.41) is 19.6. The van der Waals surface area contributed by atoms with Crippen LogP contribution in [0.15, 0.2) is 24.5 Å². The lowest BCUT2D eigenvalue weighted by atomic mass is 10.2. The molecule has 1 amide bonds. The lowest BCUT2D eigenvalue weighted by Gasteiger charge is -2.07. The van der Waals surface area contributed by atoms with Crippen molar-refractivity contribution < 1.29 is 19.8 Å². The molecule has 0 aliphatic carbocycles. The van der Waals surface area contributed by atoms with Crippen LogP contribution in [0.1, 0.15) is 5.56 Å². The number of carbonyl (C=O) groups excluding carboxylic acids is 1. The van der Waals surface area contributed by atoms with Gasteiger partial charge in [0.25, 0.3) is 0 Å². The summed E-state index contributed by atoms with van der Waals surface area (Å²) < 4.78 is 0. The number of pyridine rings is 1. The Morgan fingerprint density at radius 1 is 1.38 bits per heavy atom. The van der Waals surface area contributed by atoms with Crippen LogP contribution in [0.25, 0.3) is 0 Å². The predicted octanol–water partition coefficient (Wildman–Crippen LogP) is -0.814. The van der Waals surface area contributed by atoms with Gasteiger partial charge in [0, 0.05) is 12.4 Å². The van der Waals surface area contributed by atoms with E-state index in [1.165, 1.54) is 0 Å². The minimum Gasteiger partial charge on any atom is -0.479 e. The molecule has 1 heterocycles. The Morgan fingerprint density at radius 3 is 2.56 bits per heavy atom. The van der Waals surface area contributed by atoms with Crippen molar-refractivity contribution in [1.29, 1.82) is 0 Å². The number of nitrogens with zero attached hydrogens (tertiary/aromatic N) is 1. The van der Waals surface area contributed by atoms with E-state index in [0.717, 1.165) is 5.56 Å². The molecule has 86 valence electrons. The minimum atomic E-state index is -1.57. The second kappa shape index (κ2) is 5.82. The highest BCUT2D eigenvalue weighted by atomic mass is 16.4. The molecule has 3 N–H and O–H groups in total. The van der Waals surface area contributed by atoms with Gasteiger partial charge in [-0.3, -0.25) is 9.78 Å². The highest BCUT2D eigenvalue weighted by Crippen LogP contribution is 1.97. The summed E-state index contributed by atoms with van der Waals surface area (Å²) >= 11 is 0. The lowest BCUT2D eigenvalue weighted by molar-refractivity contribution is -0.146. The third-order valence-corrected chi connectivity index (χ3v) is 1.89. The largest absolute Gasteiger partial charge is 0.479 e. The van der Waals surface area contributed by atoms with E-state index in [0.29, 0.717) is 0 Å². The quantitative estimate of drug-likeness (QED) is 0.607. The summed E-state index contributed by atoms with van der Waals surface area (Å²) in [6.07, 6.45) is 1.69. The second-order valence-electron chi connectivity index (χ2n) is 3.19.